The van der Waals surface area contributed by atoms with Crippen LogP contribution in [-0.2, 0) is 12.8 Å². The molecule has 3 nitrogen and oxygen atoms in total. The third-order valence-electron chi connectivity index (χ3n) is 2.25. The molecule has 0 bridgehead atoms. The Hall–Kier alpha value is -1.45. The van der Waals surface area contributed by atoms with E-state index < -0.39 is 10.7 Å². The van der Waals surface area contributed by atoms with Gasteiger partial charge in [-0.3, -0.25) is 10.1 Å². The fourth-order valence-corrected chi connectivity index (χ4v) is 1.57. The van der Waals surface area contributed by atoms with Crippen molar-refractivity contribution in [2.24, 2.45) is 0 Å². The zero-order chi connectivity index (χ0) is 10.7. The van der Waals surface area contributed by atoms with Crippen LogP contribution in [0.25, 0.3) is 0 Å². The zero-order valence-corrected chi connectivity index (χ0v) is 8.21. The van der Waals surface area contributed by atoms with Gasteiger partial charge >= 0.3 is 5.69 Å². The summed E-state index contributed by atoms with van der Waals surface area (Å²) in [5.41, 5.74) is 0.991. The van der Waals surface area contributed by atoms with Crippen molar-refractivity contribution >= 4 is 5.69 Å². The average Bonchev–Trinajstić information content (AvgIpc) is 2.16. The molecule has 14 heavy (non-hydrogen) atoms. The van der Waals surface area contributed by atoms with Gasteiger partial charge in [0, 0.05) is 5.56 Å². The molecule has 0 saturated heterocycles. The maximum absolute atomic E-state index is 13.2. The lowest BCUT2D eigenvalue weighted by atomic mass is 10.0. The number of hydrogen-bond donors (Lipinski definition) is 0. The highest BCUT2D eigenvalue weighted by Crippen LogP contribution is 2.26. The van der Waals surface area contributed by atoms with Crippen molar-refractivity contribution in [1.82, 2.24) is 0 Å². The van der Waals surface area contributed by atoms with Crippen LogP contribution in [0, 0.1) is 15.9 Å². The number of hydrogen-bond acceptors (Lipinski definition) is 2. The fourth-order valence-electron chi connectivity index (χ4n) is 1.57. The Labute approximate surface area is 81.7 Å². The molecule has 0 aliphatic heterocycles. The van der Waals surface area contributed by atoms with Crippen LogP contribution in [0.1, 0.15) is 25.0 Å². The number of aryl methyl sites for hydroxylation is 1. The summed E-state index contributed by atoms with van der Waals surface area (Å²) >= 11 is 0. The molecule has 0 aliphatic rings. The second-order valence-corrected chi connectivity index (χ2v) is 3.00. The Morgan fingerprint density at radius 2 is 2.00 bits per heavy atom. The molecule has 0 radical (unpaired) electrons. The van der Waals surface area contributed by atoms with Crippen molar-refractivity contribution in [3.63, 3.8) is 0 Å². The van der Waals surface area contributed by atoms with E-state index in [0.717, 1.165) is 11.6 Å². The molecule has 0 saturated carbocycles. The van der Waals surface area contributed by atoms with E-state index in [-0.39, 0.29) is 5.69 Å². The van der Waals surface area contributed by atoms with E-state index in [4.69, 9.17) is 0 Å². The molecule has 0 atom stereocenters. The lowest BCUT2D eigenvalue weighted by Gasteiger charge is -2.06. The van der Waals surface area contributed by atoms with Gasteiger partial charge in [-0.1, -0.05) is 19.9 Å². The quantitative estimate of drug-likeness (QED) is 0.552. The van der Waals surface area contributed by atoms with Crippen LogP contribution in [0.15, 0.2) is 12.1 Å². The van der Waals surface area contributed by atoms with Gasteiger partial charge in [0.2, 0.25) is 5.82 Å². The highest BCUT2D eigenvalue weighted by molar-refractivity contribution is 5.46. The lowest BCUT2D eigenvalue weighted by molar-refractivity contribution is -0.388. The van der Waals surface area contributed by atoms with Crippen LogP contribution in [0.4, 0.5) is 10.1 Å². The third-order valence-corrected chi connectivity index (χ3v) is 2.25. The standard InChI is InChI=1S/C10H12FNO2/c1-3-7-5-6-9(11)10(12(13)14)8(7)4-2/h5-6H,3-4H2,1-2H3. The van der Waals surface area contributed by atoms with Gasteiger partial charge in [-0.2, -0.15) is 4.39 Å². The van der Waals surface area contributed by atoms with Gasteiger partial charge in [-0.25, -0.2) is 0 Å². The predicted molar refractivity (Wildman–Crippen MR) is 51.8 cm³/mol. The van der Waals surface area contributed by atoms with Crippen molar-refractivity contribution < 1.29 is 9.31 Å². The first-order valence-corrected chi connectivity index (χ1v) is 4.56. The fraction of sp³-hybridized carbons (Fsp3) is 0.400. The first-order valence-electron chi connectivity index (χ1n) is 4.56. The molecular formula is C10H12FNO2. The molecule has 0 aromatic heterocycles. The molecule has 0 spiro atoms. The first-order chi connectivity index (χ1) is 6.61. The van der Waals surface area contributed by atoms with Crippen LogP contribution in [-0.4, -0.2) is 4.92 Å². The smallest absolute Gasteiger partial charge is 0.258 e. The van der Waals surface area contributed by atoms with Crippen LogP contribution < -0.4 is 0 Å². The maximum atomic E-state index is 13.2. The Bertz CT molecular complexity index is 363. The van der Waals surface area contributed by atoms with Gasteiger partial charge in [0.05, 0.1) is 4.92 Å². The van der Waals surface area contributed by atoms with E-state index in [1.54, 1.807) is 13.0 Å². The van der Waals surface area contributed by atoms with E-state index in [1.807, 2.05) is 6.92 Å². The van der Waals surface area contributed by atoms with Crippen molar-refractivity contribution in [1.29, 1.82) is 0 Å². The summed E-state index contributed by atoms with van der Waals surface area (Å²) in [7, 11) is 0. The SMILES string of the molecule is CCc1ccc(F)c([N+](=O)[O-])c1CC. The van der Waals surface area contributed by atoms with Gasteiger partial charge < -0.3 is 0 Å². The Balaban J connectivity index is 3.42. The monoisotopic (exact) mass is 197 g/mol. The number of nitrogens with zero attached hydrogens (tertiary/aromatic N) is 1. The maximum Gasteiger partial charge on any atom is 0.308 e. The summed E-state index contributed by atoms with van der Waals surface area (Å²) in [5.74, 6) is -0.746. The minimum atomic E-state index is -0.746. The Morgan fingerprint density at radius 1 is 1.36 bits per heavy atom. The molecule has 76 valence electrons. The molecular weight excluding hydrogens is 185 g/mol. The van der Waals surface area contributed by atoms with E-state index >= 15 is 0 Å². The molecule has 0 aliphatic carbocycles. The summed E-state index contributed by atoms with van der Waals surface area (Å²) in [4.78, 5) is 9.99. The molecule has 4 heteroatoms. The average molecular weight is 197 g/mol. The van der Waals surface area contributed by atoms with E-state index in [2.05, 4.69) is 0 Å². The van der Waals surface area contributed by atoms with Gasteiger partial charge in [0.25, 0.3) is 0 Å². The normalized spacial score (nSPS) is 10.2. The van der Waals surface area contributed by atoms with Gasteiger partial charge in [-0.15, -0.1) is 0 Å². The summed E-state index contributed by atoms with van der Waals surface area (Å²) in [6.07, 6.45) is 1.17. The number of halogens is 1. The molecule has 0 heterocycles. The number of benzene rings is 1. The molecule has 1 aromatic carbocycles. The van der Waals surface area contributed by atoms with E-state index in [9.17, 15) is 14.5 Å². The van der Waals surface area contributed by atoms with E-state index in [1.165, 1.54) is 0 Å². The first kappa shape index (κ1) is 10.6. The predicted octanol–water partition coefficient (Wildman–Crippen LogP) is 2.86. The molecule has 0 amide bonds. The molecule has 0 N–H and O–H groups in total. The second kappa shape index (κ2) is 4.17. The zero-order valence-electron chi connectivity index (χ0n) is 8.21. The summed E-state index contributed by atoms with van der Waals surface area (Å²) in [5, 5.41) is 10.6. The second-order valence-electron chi connectivity index (χ2n) is 3.00. The summed E-state index contributed by atoms with van der Waals surface area (Å²) < 4.78 is 13.2. The largest absolute Gasteiger partial charge is 0.308 e. The van der Waals surface area contributed by atoms with Crippen molar-refractivity contribution in [2.75, 3.05) is 0 Å². The highest BCUT2D eigenvalue weighted by atomic mass is 19.1. The topological polar surface area (TPSA) is 43.1 Å². The Kier molecular flexibility index (Phi) is 3.17. The summed E-state index contributed by atoms with van der Waals surface area (Å²) in [6.45, 7) is 3.69. The van der Waals surface area contributed by atoms with Gasteiger partial charge in [-0.05, 0) is 24.5 Å². The van der Waals surface area contributed by atoms with Gasteiger partial charge in [0.15, 0.2) is 0 Å². The summed E-state index contributed by atoms with van der Waals surface area (Å²) in [6, 6.07) is 2.78. The van der Waals surface area contributed by atoms with E-state index in [0.29, 0.717) is 18.4 Å². The van der Waals surface area contributed by atoms with Crippen molar-refractivity contribution in [3.05, 3.63) is 39.2 Å². The molecule has 1 aromatic rings. The highest BCUT2D eigenvalue weighted by Gasteiger charge is 2.21. The lowest BCUT2D eigenvalue weighted by Crippen LogP contribution is -2.01. The molecule has 1 rings (SSSR count). The molecule has 0 fully saturated rings. The van der Waals surface area contributed by atoms with Crippen LogP contribution in [0.3, 0.4) is 0 Å². The van der Waals surface area contributed by atoms with Crippen molar-refractivity contribution in [2.45, 2.75) is 26.7 Å². The third kappa shape index (κ3) is 1.73. The van der Waals surface area contributed by atoms with Crippen LogP contribution in [0.5, 0.6) is 0 Å². The number of nitro groups is 1. The minimum Gasteiger partial charge on any atom is -0.258 e. The Morgan fingerprint density at radius 3 is 2.43 bits per heavy atom. The van der Waals surface area contributed by atoms with Crippen molar-refractivity contribution in [3.8, 4) is 0 Å². The van der Waals surface area contributed by atoms with Gasteiger partial charge in [0.1, 0.15) is 0 Å². The molecule has 0 unspecified atom stereocenters. The number of nitro benzene ring substituents is 1. The minimum absolute atomic E-state index is 0.369. The van der Waals surface area contributed by atoms with Crippen LogP contribution >= 0.6 is 0 Å². The van der Waals surface area contributed by atoms with Crippen LogP contribution in [0.2, 0.25) is 0 Å². The number of rotatable bonds is 3.